The van der Waals surface area contributed by atoms with Gasteiger partial charge in [-0.05, 0) is 39.8 Å². The maximum Gasteiger partial charge on any atom is 0.259 e. The van der Waals surface area contributed by atoms with Gasteiger partial charge < -0.3 is 14.3 Å². The third kappa shape index (κ3) is 3.42. The normalized spacial score (nSPS) is 10.9. The fraction of sp³-hybridized carbons (Fsp3) is 0.375. The molecular formula is C16H20N2O3. The number of carbonyl (C=O) groups is 1. The summed E-state index contributed by atoms with van der Waals surface area (Å²) < 4.78 is 5.52. The molecule has 0 spiro atoms. The molecule has 5 heteroatoms. The molecule has 0 aromatic carbocycles. The van der Waals surface area contributed by atoms with Gasteiger partial charge in [0.25, 0.3) is 5.91 Å². The number of amides is 1. The third-order valence-corrected chi connectivity index (χ3v) is 3.29. The predicted octanol–water partition coefficient (Wildman–Crippen LogP) is 2.64. The van der Waals surface area contributed by atoms with E-state index in [1.807, 2.05) is 32.9 Å². The molecule has 0 bridgehead atoms. The van der Waals surface area contributed by atoms with Gasteiger partial charge in [-0.25, -0.2) is 0 Å². The number of carbonyl (C=O) groups excluding carboxylic acids is 1. The second-order valence-corrected chi connectivity index (χ2v) is 5.43. The number of furan rings is 1. The van der Waals surface area contributed by atoms with E-state index in [1.54, 1.807) is 11.8 Å². The number of H-pyrrole nitrogens is 1. The van der Waals surface area contributed by atoms with Gasteiger partial charge >= 0.3 is 0 Å². The Hall–Kier alpha value is -2.30. The molecule has 0 atom stereocenters. The lowest BCUT2D eigenvalue weighted by atomic mass is 10.2. The van der Waals surface area contributed by atoms with Crippen LogP contribution in [0, 0.1) is 13.8 Å². The van der Waals surface area contributed by atoms with Gasteiger partial charge in [-0.1, -0.05) is 0 Å². The number of hydrogen-bond donors (Lipinski definition) is 1. The Morgan fingerprint density at radius 2 is 2.05 bits per heavy atom. The van der Waals surface area contributed by atoms with Crippen molar-refractivity contribution in [1.29, 1.82) is 0 Å². The molecule has 0 aliphatic heterocycles. The molecule has 0 fully saturated rings. The number of nitrogens with zero attached hydrogens (tertiary/aromatic N) is 1. The average molecular weight is 288 g/mol. The van der Waals surface area contributed by atoms with Crippen molar-refractivity contribution in [3.05, 3.63) is 57.4 Å². The lowest BCUT2D eigenvalue weighted by molar-refractivity contribution is 0.0673. The van der Waals surface area contributed by atoms with Crippen LogP contribution < -0.4 is 5.43 Å². The zero-order chi connectivity index (χ0) is 15.6. The Balaban J connectivity index is 2.29. The van der Waals surface area contributed by atoms with E-state index in [-0.39, 0.29) is 22.9 Å². The molecule has 0 aliphatic rings. The van der Waals surface area contributed by atoms with Crippen molar-refractivity contribution in [3.8, 4) is 0 Å². The first-order chi connectivity index (χ1) is 9.88. The summed E-state index contributed by atoms with van der Waals surface area (Å²) in [5, 5.41) is 0. The molecule has 2 aromatic rings. The van der Waals surface area contributed by atoms with Gasteiger partial charge in [0.2, 0.25) is 0 Å². The van der Waals surface area contributed by atoms with Crippen LogP contribution in [-0.4, -0.2) is 21.8 Å². The zero-order valence-corrected chi connectivity index (χ0v) is 12.8. The highest BCUT2D eigenvalue weighted by atomic mass is 16.3. The van der Waals surface area contributed by atoms with Crippen LogP contribution in [0.5, 0.6) is 0 Å². The minimum absolute atomic E-state index is 0.0383. The number of hydrogen-bond acceptors (Lipinski definition) is 3. The maximum atomic E-state index is 12.6. The van der Waals surface area contributed by atoms with Crippen LogP contribution in [0.2, 0.25) is 0 Å². The van der Waals surface area contributed by atoms with Crippen molar-refractivity contribution in [3.63, 3.8) is 0 Å². The summed E-state index contributed by atoms with van der Waals surface area (Å²) in [5.41, 5.74) is 0.615. The molecule has 0 radical (unpaired) electrons. The van der Waals surface area contributed by atoms with E-state index in [0.717, 1.165) is 11.5 Å². The number of aryl methyl sites for hydroxylation is 2. The minimum Gasteiger partial charge on any atom is -0.464 e. The molecule has 2 heterocycles. The van der Waals surface area contributed by atoms with Crippen LogP contribution >= 0.6 is 0 Å². The maximum absolute atomic E-state index is 12.6. The molecule has 112 valence electrons. The fourth-order valence-corrected chi connectivity index (χ4v) is 2.12. The fourth-order valence-electron chi connectivity index (χ4n) is 2.12. The van der Waals surface area contributed by atoms with Gasteiger partial charge in [0.05, 0.1) is 6.54 Å². The Bertz CT molecular complexity index is 698. The topological polar surface area (TPSA) is 66.3 Å². The van der Waals surface area contributed by atoms with Crippen molar-refractivity contribution in [2.75, 3.05) is 0 Å². The van der Waals surface area contributed by atoms with E-state index in [1.165, 1.54) is 12.3 Å². The van der Waals surface area contributed by atoms with Crippen LogP contribution in [0.25, 0.3) is 0 Å². The highest BCUT2D eigenvalue weighted by Crippen LogP contribution is 2.14. The summed E-state index contributed by atoms with van der Waals surface area (Å²) in [6.45, 7) is 7.81. The van der Waals surface area contributed by atoms with Gasteiger partial charge in [0, 0.05) is 24.0 Å². The highest BCUT2D eigenvalue weighted by molar-refractivity contribution is 5.94. The van der Waals surface area contributed by atoms with Crippen LogP contribution in [0.4, 0.5) is 0 Å². The first kappa shape index (κ1) is 15.1. The van der Waals surface area contributed by atoms with E-state index in [2.05, 4.69) is 4.98 Å². The van der Waals surface area contributed by atoms with E-state index < -0.39 is 0 Å². The van der Waals surface area contributed by atoms with E-state index in [0.29, 0.717) is 12.3 Å². The van der Waals surface area contributed by atoms with Gasteiger partial charge in [-0.15, -0.1) is 0 Å². The Morgan fingerprint density at radius 3 is 2.57 bits per heavy atom. The Kier molecular flexibility index (Phi) is 4.31. The van der Waals surface area contributed by atoms with Gasteiger partial charge in [-0.3, -0.25) is 9.59 Å². The smallest absolute Gasteiger partial charge is 0.259 e. The van der Waals surface area contributed by atoms with Gasteiger partial charge in [-0.2, -0.15) is 0 Å². The van der Waals surface area contributed by atoms with Crippen molar-refractivity contribution in [1.82, 2.24) is 9.88 Å². The molecule has 2 rings (SSSR count). The molecule has 21 heavy (non-hydrogen) atoms. The Labute approximate surface area is 123 Å². The number of rotatable bonds is 4. The second kappa shape index (κ2) is 5.99. The second-order valence-electron chi connectivity index (χ2n) is 5.43. The summed E-state index contributed by atoms with van der Waals surface area (Å²) in [6.07, 6.45) is 1.47. The summed E-state index contributed by atoms with van der Waals surface area (Å²) >= 11 is 0. The summed E-state index contributed by atoms with van der Waals surface area (Å²) in [7, 11) is 0. The van der Waals surface area contributed by atoms with Crippen LogP contribution in [-0.2, 0) is 6.54 Å². The lowest BCUT2D eigenvalue weighted by Gasteiger charge is -2.25. The number of nitrogens with one attached hydrogen (secondary N) is 1. The Morgan fingerprint density at radius 1 is 1.33 bits per heavy atom. The monoisotopic (exact) mass is 288 g/mol. The van der Waals surface area contributed by atoms with E-state index in [9.17, 15) is 9.59 Å². The molecule has 0 saturated carbocycles. The van der Waals surface area contributed by atoms with Crippen LogP contribution in [0.1, 0.15) is 41.4 Å². The largest absolute Gasteiger partial charge is 0.464 e. The van der Waals surface area contributed by atoms with Crippen LogP contribution in [0.3, 0.4) is 0 Å². The van der Waals surface area contributed by atoms with E-state index in [4.69, 9.17) is 4.42 Å². The first-order valence-corrected chi connectivity index (χ1v) is 6.94. The van der Waals surface area contributed by atoms with Crippen molar-refractivity contribution in [2.45, 2.75) is 40.3 Å². The number of aromatic nitrogens is 1. The van der Waals surface area contributed by atoms with Crippen molar-refractivity contribution < 1.29 is 9.21 Å². The molecule has 1 amide bonds. The summed E-state index contributed by atoms with van der Waals surface area (Å²) in [6, 6.07) is 5.10. The SMILES string of the molecule is Cc1cc(=O)c(C(=O)N(Cc2ccc(C)o2)C(C)C)c[nH]1. The van der Waals surface area contributed by atoms with Gasteiger partial charge in [0.1, 0.15) is 17.1 Å². The van der Waals surface area contributed by atoms with Crippen molar-refractivity contribution in [2.24, 2.45) is 0 Å². The van der Waals surface area contributed by atoms with Crippen molar-refractivity contribution >= 4 is 5.91 Å². The molecule has 2 aromatic heterocycles. The molecule has 0 aliphatic carbocycles. The summed E-state index contributed by atoms with van der Waals surface area (Å²) in [5.74, 6) is 1.22. The number of aromatic amines is 1. The van der Waals surface area contributed by atoms with E-state index >= 15 is 0 Å². The summed E-state index contributed by atoms with van der Waals surface area (Å²) in [4.78, 5) is 29.1. The molecule has 0 saturated heterocycles. The lowest BCUT2D eigenvalue weighted by Crippen LogP contribution is -2.38. The zero-order valence-electron chi connectivity index (χ0n) is 12.8. The molecular weight excluding hydrogens is 268 g/mol. The molecule has 1 N–H and O–H groups in total. The molecule has 0 unspecified atom stereocenters. The van der Waals surface area contributed by atoms with Crippen LogP contribution in [0.15, 0.2) is 33.6 Å². The molecule has 5 nitrogen and oxygen atoms in total. The standard InChI is InChI=1S/C16H20N2O3/c1-10(2)18(9-13-6-5-12(4)21-13)16(20)14-8-17-11(3)7-15(14)19/h5-8,10H,9H2,1-4H3,(H,17,19). The first-order valence-electron chi connectivity index (χ1n) is 6.94. The predicted molar refractivity (Wildman–Crippen MR) is 80.3 cm³/mol. The quantitative estimate of drug-likeness (QED) is 0.940. The highest BCUT2D eigenvalue weighted by Gasteiger charge is 2.22. The minimum atomic E-state index is -0.291. The third-order valence-electron chi connectivity index (χ3n) is 3.29. The van der Waals surface area contributed by atoms with Gasteiger partial charge in [0.15, 0.2) is 5.43 Å². The average Bonchev–Trinajstić information content (AvgIpc) is 2.80. The number of pyridine rings is 1.